The lowest BCUT2D eigenvalue weighted by Crippen LogP contribution is -2.27. The zero-order valence-electron chi connectivity index (χ0n) is 10.1. The Kier molecular flexibility index (Phi) is 4.24. The van der Waals surface area contributed by atoms with Gasteiger partial charge in [0, 0.05) is 28.9 Å². The zero-order chi connectivity index (χ0) is 14.8. The largest absolute Gasteiger partial charge is 0.491 e. The summed E-state index contributed by atoms with van der Waals surface area (Å²) in [6, 6.07) is 1.85. The van der Waals surface area contributed by atoms with Gasteiger partial charge in [-0.05, 0) is 24.1 Å². The number of carbonyl (C=O) groups excluding carboxylic acids is 2. The van der Waals surface area contributed by atoms with Gasteiger partial charge in [0.15, 0.2) is 0 Å². The highest BCUT2D eigenvalue weighted by molar-refractivity contribution is 7.13. The fraction of sp³-hybridized carbons (Fsp3) is 0.333. The number of alkyl halides is 3. The third-order valence-electron chi connectivity index (χ3n) is 2.57. The Hall–Kier alpha value is -1.67. The summed E-state index contributed by atoms with van der Waals surface area (Å²) in [5.74, 6) is -3.85. The van der Waals surface area contributed by atoms with E-state index in [0.29, 0.717) is 0 Å². The van der Waals surface area contributed by atoms with Gasteiger partial charge in [-0.2, -0.15) is 13.2 Å². The molecule has 1 aliphatic heterocycles. The van der Waals surface area contributed by atoms with E-state index in [1.807, 2.05) is 6.07 Å². The minimum atomic E-state index is -5.17. The van der Waals surface area contributed by atoms with Crippen molar-refractivity contribution in [2.45, 2.75) is 19.1 Å². The number of nitrogens with one attached hydrogen (secondary N) is 1. The molecule has 0 radical (unpaired) electrons. The molecule has 0 saturated carbocycles. The molecular weight excluding hydrogens is 295 g/mol. The Morgan fingerprint density at radius 3 is 2.80 bits per heavy atom. The molecule has 0 spiro atoms. The summed E-state index contributed by atoms with van der Waals surface area (Å²) in [6.45, 7) is 1.61. The SMILES string of the molecule is O=C(/C=C/c1cc2c(s1)CCNC2)OC(=O)C(F)(F)F. The number of hydrogen-bond acceptors (Lipinski definition) is 5. The number of ether oxygens (including phenoxy) is 1. The molecule has 20 heavy (non-hydrogen) atoms. The highest BCUT2D eigenvalue weighted by Crippen LogP contribution is 2.26. The molecule has 2 rings (SSSR count). The van der Waals surface area contributed by atoms with E-state index in [9.17, 15) is 22.8 Å². The van der Waals surface area contributed by atoms with Crippen LogP contribution in [0, 0.1) is 0 Å². The molecular formula is C12H10F3NO3S. The average Bonchev–Trinajstić information content (AvgIpc) is 2.78. The summed E-state index contributed by atoms with van der Waals surface area (Å²) in [6.07, 6.45) is -2.13. The van der Waals surface area contributed by atoms with E-state index in [1.165, 1.54) is 22.3 Å². The van der Waals surface area contributed by atoms with Crippen molar-refractivity contribution >= 4 is 29.4 Å². The normalized spacial score (nSPS) is 15.2. The van der Waals surface area contributed by atoms with Gasteiger partial charge in [0.05, 0.1) is 0 Å². The van der Waals surface area contributed by atoms with Crippen LogP contribution in [0.25, 0.3) is 6.08 Å². The van der Waals surface area contributed by atoms with Crippen LogP contribution in [-0.2, 0) is 27.3 Å². The summed E-state index contributed by atoms with van der Waals surface area (Å²) >= 11 is 1.46. The van der Waals surface area contributed by atoms with E-state index in [4.69, 9.17) is 0 Å². The standard InChI is InChI=1S/C12H10F3NO3S/c13-12(14,15)11(18)19-10(17)2-1-8-5-7-6-16-4-3-9(7)20-8/h1-2,5,16H,3-4,6H2/b2-1+. The van der Waals surface area contributed by atoms with Gasteiger partial charge in [0.25, 0.3) is 0 Å². The van der Waals surface area contributed by atoms with E-state index in [0.717, 1.165) is 36.0 Å². The second-order valence-corrected chi connectivity index (χ2v) is 5.23. The van der Waals surface area contributed by atoms with Crippen molar-refractivity contribution in [2.24, 2.45) is 0 Å². The minimum absolute atomic E-state index is 0.732. The number of esters is 2. The maximum atomic E-state index is 11.9. The van der Waals surface area contributed by atoms with Crippen molar-refractivity contribution in [3.05, 3.63) is 27.5 Å². The van der Waals surface area contributed by atoms with Gasteiger partial charge in [-0.15, -0.1) is 11.3 Å². The number of halogens is 3. The zero-order valence-corrected chi connectivity index (χ0v) is 10.9. The number of carbonyl (C=O) groups is 2. The number of thiophene rings is 1. The van der Waals surface area contributed by atoms with E-state index in [2.05, 4.69) is 10.1 Å². The molecule has 4 nitrogen and oxygen atoms in total. The molecule has 108 valence electrons. The van der Waals surface area contributed by atoms with Crippen LogP contribution >= 0.6 is 11.3 Å². The molecule has 0 aliphatic carbocycles. The fourth-order valence-corrected chi connectivity index (χ4v) is 2.78. The molecule has 0 fully saturated rings. The molecule has 1 N–H and O–H groups in total. The molecule has 8 heteroatoms. The van der Waals surface area contributed by atoms with E-state index >= 15 is 0 Å². The van der Waals surface area contributed by atoms with E-state index < -0.39 is 18.1 Å². The smallest absolute Gasteiger partial charge is 0.383 e. The Balaban J connectivity index is 1.97. The summed E-state index contributed by atoms with van der Waals surface area (Å²) in [5, 5.41) is 3.18. The molecule has 1 aromatic rings. The second-order valence-electron chi connectivity index (χ2n) is 4.06. The molecule has 1 aromatic heterocycles. The van der Waals surface area contributed by atoms with Gasteiger partial charge in [0.1, 0.15) is 0 Å². The van der Waals surface area contributed by atoms with Crippen LogP contribution in [0.4, 0.5) is 13.2 Å². The molecule has 0 bridgehead atoms. The number of hydrogen-bond donors (Lipinski definition) is 1. The van der Waals surface area contributed by atoms with Crippen molar-refractivity contribution in [3.8, 4) is 0 Å². The second kappa shape index (κ2) is 5.76. The van der Waals surface area contributed by atoms with Crippen LogP contribution in [0.2, 0.25) is 0 Å². The maximum Gasteiger partial charge on any atom is 0.491 e. The van der Waals surface area contributed by atoms with E-state index in [-0.39, 0.29) is 0 Å². The molecule has 0 unspecified atom stereocenters. The van der Waals surface area contributed by atoms with Crippen molar-refractivity contribution in [2.75, 3.05) is 6.54 Å². The predicted molar refractivity (Wildman–Crippen MR) is 65.9 cm³/mol. The van der Waals surface area contributed by atoms with Crippen molar-refractivity contribution < 1.29 is 27.5 Å². The number of fused-ring (bicyclic) bond motifs is 1. The first kappa shape index (κ1) is 14.7. The summed E-state index contributed by atoms with van der Waals surface area (Å²) in [4.78, 5) is 23.4. The quantitative estimate of drug-likeness (QED) is 0.516. The van der Waals surface area contributed by atoms with Gasteiger partial charge < -0.3 is 10.1 Å². The maximum absolute atomic E-state index is 11.9. The minimum Gasteiger partial charge on any atom is -0.383 e. The van der Waals surface area contributed by atoms with Crippen LogP contribution < -0.4 is 5.32 Å². The summed E-state index contributed by atoms with van der Waals surface area (Å²) in [5.41, 5.74) is 1.11. The van der Waals surface area contributed by atoms with Crippen LogP contribution in [0.15, 0.2) is 12.1 Å². The van der Waals surface area contributed by atoms with Gasteiger partial charge in [-0.3, -0.25) is 0 Å². The summed E-state index contributed by atoms with van der Waals surface area (Å²) in [7, 11) is 0. The first-order valence-corrected chi connectivity index (χ1v) is 6.51. The lowest BCUT2D eigenvalue weighted by molar-refractivity contribution is -0.200. The molecule has 0 aromatic carbocycles. The lowest BCUT2D eigenvalue weighted by Gasteiger charge is -2.10. The van der Waals surface area contributed by atoms with Crippen molar-refractivity contribution in [1.29, 1.82) is 0 Å². The summed E-state index contributed by atoms with van der Waals surface area (Å²) < 4.78 is 39.3. The first-order valence-electron chi connectivity index (χ1n) is 5.69. The van der Waals surface area contributed by atoms with Crippen LogP contribution in [-0.4, -0.2) is 24.7 Å². The Morgan fingerprint density at radius 1 is 1.40 bits per heavy atom. The van der Waals surface area contributed by atoms with E-state index in [1.54, 1.807) is 0 Å². The Morgan fingerprint density at radius 2 is 2.15 bits per heavy atom. The van der Waals surface area contributed by atoms with Crippen LogP contribution in [0.5, 0.6) is 0 Å². The van der Waals surface area contributed by atoms with Gasteiger partial charge >= 0.3 is 18.1 Å². The topological polar surface area (TPSA) is 55.4 Å². The first-order chi connectivity index (χ1) is 9.36. The predicted octanol–water partition coefficient (Wildman–Crippen LogP) is 2.04. The van der Waals surface area contributed by atoms with Gasteiger partial charge in [-0.1, -0.05) is 0 Å². The van der Waals surface area contributed by atoms with Crippen LogP contribution in [0.1, 0.15) is 15.3 Å². The van der Waals surface area contributed by atoms with Crippen molar-refractivity contribution in [3.63, 3.8) is 0 Å². The highest BCUT2D eigenvalue weighted by atomic mass is 32.1. The molecule has 2 heterocycles. The number of rotatable bonds is 2. The van der Waals surface area contributed by atoms with Crippen molar-refractivity contribution in [1.82, 2.24) is 5.32 Å². The molecule has 1 aliphatic rings. The monoisotopic (exact) mass is 305 g/mol. The Labute approximate surface area is 116 Å². The van der Waals surface area contributed by atoms with Gasteiger partial charge in [0.2, 0.25) is 0 Å². The van der Waals surface area contributed by atoms with Crippen LogP contribution in [0.3, 0.4) is 0 Å². The molecule has 0 amide bonds. The Bertz CT molecular complexity index is 539. The highest BCUT2D eigenvalue weighted by Gasteiger charge is 2.42. The third-order valence-corrected chi connectivity index (χ3v) is 3.77. The lowest BCUT2D eigenvalue weighted by atomic mass is 10.1. The average molecular weight is 305 g/mol. The van der Waals surface area contributed by atoms with Gasteiger partial charge in [-0.25, -0.2) is 9.59 Å². The fourth-order valence-electron chi connectivity index (χ4n) is 1.69. The molecule has 0 saturated heterocycles. The third kappa shape index (κ3) is 3.67. The molecule has 0 atom stereocenters.